The van der Waals surface area contributed by atoms with Gasteiger partial charge < -0.3 is 4.57 Å². The number of hydrogen-bond donors (Lipinski definition) is 0. The maximum atomic E-state index is 13.9. The van der Waals surface area contributed by atoms with Crippen molar-refractivity contribution < 1.29 is 13.2 Å². The van der Waals surface area contributed by atoms with E-state index in [0.29, 0.717) is 18.7 Å². The third-order valence-corrected chi connectivity index (χ3v) is 4.84. The van der Waals surface area contributed by atoms with E-state index >= 15 is 0 Å². The number of aromatic nitrogens is 2. The summed E-state index contributed by atoms with van der Waals surface area (Å²) in [6.45, 7) is 1.68. The van der Waals surface area contributed by atoms with Crippen molar-refractivity contribution in [2.75, 3.05) is 6.54 Å². The molecule has 0 saturated carbocycles. The fourth-order valence-corrected chi connectivity index (χ4v) is 3.44. The standard InChI is InChI=1S/C20H18F3N3/c1-25-19-12-26(11-14-10-16(22)6-7-17(14)23)9-8-18(19)24-20(25)13-2-4-15(21)5-3-13/h2-7,10H,8-9,11-12H2,1H3. The third kappa shape index (κ3) is 3.12. The van der Waals surface area contributed by atoms with Gasteiger partial charge in [-0.2, -0.15) is 0 Å². The summed E-state index contributed by atoms with van der Waals surface area (Å²) in [6, 6.07) is 9.80. The fraction of sp³-hybridized carbons (Fsp3) is 0.250. The number of halogens is 3. The van der Waals surface area contributed by atoms with Gasteiger partial charge in [-0.3, -0.25) is 4.90 Å². The highest BCUT2D eigenvalue weighted by Gasteiger charge is 2.24. The van der Waals surface area contributed by atoms with E-state index in [1.807, 2.05) is 11.6 Å². The summed E-state index contributed by atoms with van der Waals surface area (Å²) in [5.41, 5.74) is 3.26. The summed E-state index contributed by atoms with van der Waals surface area (Å²) in [7, 11) is 1.93. The quantitative estimate of drug-likeness (QED) is 0.705. The van der Waals surface area contributed by atoms with E-state index in [-0.39, 0.29) is 5.82 Å². The molecule has 0 aliphatic carbocycles. The fourth-order valence-electron chi connectivity index (χ4n) is 3.44. The van der Waals surface area contributed by atoms with Gasteiger partial charge in [-0.15, -0.1) is 0 Å². The largest absolute Gasteiger partial charge is 0.330 e. The van der Waals surface area contributed by atoms with Crippen molar-refractivity contribution in [2.45, 2.75) is 19.5 Å². The van der Waals surface area contributed by atoms with Crippen molar-refractivity contribution in [2.24, 2.45) is 7.05 Å². The first-order chi connectivity index (χ1) is 12.5. The summed E-state index contributed by atoms with van der Waals surface area (Å²) in [5, 5.41) is 0. The molecule has 1 aromatic heterocycles. The average molecular weight is 357 g/mol. The van der Waals surface area contributed by atoms with Gasteiger partial charge in [0.2, 0.25) is 0 Å². The van der Waals surface area contributed by atoms with Crippen LogP contribution in [0.15, 0.2) is 42.5 Å². The lowest BCUT2D eigenvalue weighted by Gasteiger charge is -2.27. The Hall–Kier alpha value is -2.60. The highest BCUT2D eigenvalue weighted by molar-refractivity contribution is 5.57. The molecule has 3 aromatic rings. The van der Waals surface area contributed by atoms with Gasteiger partial charge in [0, 0.05) is 44.2 Å². The summed E-state index contributed by atoms with van der Waals surface area (Å²) in [4.78, 5) is 6.78. The zero-order valence-corrected chi connectivity index (χ0v) is 14.3. The van der Waals surface area contributed by atoms with Crippen LogP contribution < -0.4 is 0 Å². The maximum Gasteiger partial charge on any atom is 0.140 e. The monoisotopic (exact) mass is 357 g/mol. The lowest BCUT2D eigenvalue weighted by Crippen LogP contribution is -2.31. The Kier molecular flexibility index (Phi) is 4.28. The zero-order chi connectivity index (χ0) is 18.3. The van der Waals surface area contributed by atoms with Crippen molar-refractivity contribution in [3.05, 3.63) is 76.9 Å². The summed E-state index contributed by atoms with van der Waals surface area (Å²) >= 11 is 0. The van der Waals surface area contributed by atoms with Gasteiger partial charge in [-0.1, -0.05) is 0 Å². The molecule has 0 atom stereocenters. The van der Waals surface area contributed by atoms with Crippen LogP contribution in [0.5, 0.6) is 0 Å². The van der Waals surface area contributed by atoms with Crippen LogP contribution in [0.3, 0.4) is 0 Å². The zero-order valence-electron chi connectivity index (χ0n) is 14.3. The van der Waals surface area contributed by atoms with E-state index in [0.717, 1.165) is 47.9 Å². The van der Waals surface area contributed by atoms with Gasteiger partial charge in [-0.05, 0) is 42.5 Å². The molecule has 26 heavy (non-hydrogen) atoms. The second-order valence-electron chi connectivity index (χ2n) is 6.59. The molecule has 2 aromatic carbocycles. The highest BCUT2D eigenvalue weighted by atomic mass is 19.1. The van der Waals surface area contributed by atoms with Crippen LogP contribution in [0.25, 0.3) is 11.4 Å². The number of nitrogens with zero attached hydrogens (tertiary/aromatic N) is 3. The van der Waals surface area contributed by atoms with Crippen molar-refractivity contribution in [1.29, 1.82) is 0 Å². The van der Waals surface area contributed by atoms with Crippen molar-refractivity contribution in [3.63, 3.8) is 0 Å². The predicted molar refractivity (Wildman–Crippen MR) is 92.8 cm³/mol. The predicted octanol–water partition coefficient (Wildman–Crippen LogP) is 4.06. The second kappa shape index (κ2) is 6.61. The normalized spacial score (nSPS) is 14.5. The summed E-state index contributed by atoms with van der Waals surface area (Å²) in [5.74, 6) is -0.322. The van der Waals surface area contributed by atoms with Gasteiger partial charge in [0.15, 0.2) is 0 Å². The molecule has 134 valence electrons. The van der Waals surface area contributed by atoms with E-state index in [1.54, 1.807) is 12.1 Å². The van der Waals surface area contributed by atoms with Crippen LogP contribution in [0.1, 0.15) is 17.0 Å². The van der Waals surface area contributed by atoms with E-state index in [4.69, 9.17) is 4.98 Å². The van der Waals surface area contributed by atoms with Gasteiger partial charge >= 0.3 is 0 Å². The van der Waals surface area contributed by atoms with E-state index in [9.17, 15) is 13.2 Å². The number of benzene rings is 2. The molecule has 4 rings (SSSR count). The summed E-state index contributed by atoms with van der Waals surface area (Å²) < 4.78 is 42.5. The van der Waals surface area contributed by atoms with E-state index in [1.165, 1.54) is 18.2 Å². The van der Waals surface area contributed by atoms with Crippen LogP contribution >= 0.6 is 0 Å². The Morgan fingerprint density at radius 2 is 1.73 bits per heavy atom. The van der Waals surface area contributed by atoms with Crippen molar-refractivity contribution >= 4 is 0 Å². The Morgan fingerprint density at radius 1 is 1.00 bits per heavy atom. The Morgan fingerprint density at radius 3 is 2.50 bits per heavy atom. The van der Waals surface area contributed by atoms with Gasteiger partial charge in [0.25, 0.3) is 0 Å². The number of rotatable bonds is 3. The SMILES string of the molecule is Cn1c(-c2ccc(F)cc2)nc2c1CN(Cc1cc(F)ccc1F)CC2. The van der Waals surface area contributed by atoms with Crippen molar-refractivity contribution in [1.82, 2.24) is 14.5 Å². The van der Waals surface area contributed by atoms with Crippen LogP contribution in [0, 0.1) is 17.5 Å². The number of fused-ring (bicyclic) bond motifs is 1. The molecule has 0 unspecified atom stereocenters. The lowest BCUT2D eigenvalue weighted by molar-refractivity contribution is 0.235. The molecule has 0 N–H and O–H groups in total. The Balaban J connectivity index is 1.59. The second-order valence-corrected chi connectivity index (χ2v) is 6.59. The van der Waals surface area contributed by atoms with E-state index in [2.05, 4.69) is 4.90 Å². The van der Waals surface area contributed by atoms with Crippen LogP contribution in [0.2, 0.25) is 0 Å². The van der Waals surface area contributed by atoms with Crippen LogP contribution in [-0.2, 0) is 26.6 Å². The molecular weight excluding hydrogens is 339 g/mol. The van der Waals surface area contributed by atoms with Gasteiger partial charge in [0.05, 0.1) is 11.4 Å². The smallest absolute Gasteiger partial charge is 0.140 e. The van der Waals surface area contributed by atoms with E-state index < -0.39 is 11.6 Å². The lowest BCUT2D eigenvalue weighted by atomic mass is 10.1. The Bertz CT molecular complexity index is 948. The first-order valence-electron chi connectivity index (χ1n) is 8.48. The summed E-state index contributed by atoms with van der Waals surface area (Å²) in [6.07, 6.45) is 0.737. The molecule has 0 amide bonds. The topological polar surface area (TPSA) is 21.1 Å². The molecule has 3 nitrogen and oxygen atoms in total. The molecule has 6 heteroatoms. The molecule has 0 radical (unpaired) electrons. The number of imidazole rings is 1. The van der Waals surface area contributed by atoms with Gasteiger partial charge in [-0.25, -0.2) is 18.2 Å². The molecule has 0 fully saturated rings. The molecule has 1 aliphatic heterocycles. The minimum Gasteiger partial charge on any atom is -0.330 e. The first kappa shape index (κ1) is 16.8. The molecule has 0 spiro atoms. The maximum absolute atomic E-state index is 13.9. The molecule has 2 heterocycles. The highest BCUT2D eigenvalue weighted by Crippen LogP contribution is 2.27. The molecular formula is C20H18F3N3. The minimum absolute atomic E-state index is 0.281. The van der Waals surface area contributed by atoms with Crippen molar-refractivity contribution in [3.8, 4) is 11.4 Å². The van der Waals surface area contributed by atoms with Crippen LogP contribution in [0.4, 0.5) is 13.2 Å². The third-order valence-electron chi connectivity index (χ3n) is 4.84. The number of hydrogen-bond acceptors (Lipinski definition) is 2. The molecule has 0 bridgehead atoms. The van der Waals surface area contributed by atoms with Gasteiger partial charge in [0.1, 0.15) is 23.3 Å². The molecule has 0 saturated heterocycles. The molecule has 1 aliphatic rings. The Labute approximate surface area is 149 Å². The van der Waals surface area contributed by atoms with Crippen LogP contribution in [-0.4, -0.2) is 21.0 Å². The first-order valence-corrected chi connectivity index (χ1v) is 8.48. The minimum atomic E-state index is -0.432. The average Bonchev–Trinajstić information content (AvgIpc) is 2.95.